The molecular formula is C18H15N5O2S. The maximum absolute atomic E-state index is 12.7. The lowest BCUT2D eigenvalue weighted by molar-refractivity contribution is 0.103. The van der Waals surface area contributed by atoms with E-state index >= 15 is 0 Å². The minimum absolute atomic E-state index is 0.221. The highest BCUT2D eigenvalue weighted by molar-refractivity contribution is 7.20. The Kier molecular flexibility index (Phi) is 3.89. The summed E-state index contributed by atoms with van der Waals surface area (Å²) in [6.45, 7) is 3.48. The van der Waals surface area contributed by atoms with E-state index in [1.165, 1.54) is 11.3 Å². The Morgan fingerprint density at radius 1 is 1.27 bits per heavy atom. The van der Waals surface area contributed by atoms with Crippen LogP contribution in [0.2, 0.25) is 0 Å². The second-order valence-electron chi connectivity index (χ2n) is 5.84. The van der Waals surface area contributed by atoms with Crippen LogP contribution in [0.3, 0.4) is 0 Å². The van der Waals surface area contributed by atoms with E-state index in [-0.39, 0.29) is 11.5 Å². The van der Waals surface area contributed by atoms with E-state index in [9.17, 15) is 9.59 Å². The van der Waals surface area contributed by atoms with Crippen molar-refractivity contribution in [3.8, 4) is 5.69 Å². The number of carbonyl (C=O) groups excluding carboxylic acids is 1. The van der Waals surface area contributed by atoms with Crippen LogP contribution in [0.5, 0.6) is 0 Å². The fourth-order valence-corrected chi connectivity index (χ4v) is 3.93. The number of aryl methyl sites for hydroxylation is 2. The number of thiophene rings is 1. The van der Waals surface area contributed by atoms with Gasteiger partial charge in [0.25, 0.3) is 11.5 Å². The van der Waals surface area contributed by atoms with Crippen molar-refractivity contribution in [1.29, 1.82) is 0 Å². The summed E-state index contributed by atoms with van der Waals surface area (Å²) < 4.78 is 1.71. The highest BCUT2D eigenvalue weighted by Crippen LogP contribution is 2.28. The smallest absolute Gasteiger partial charge is 0.266 e. The first-order valence-corrected chi connectivity index (χ1v) is 8.76. The van der Waals surface area contributed by atoms with Crippen LogP contribution in [0.1, 0.15) is 21.1 Å². The van der Waals surface area contributed by atoms with Gasteiger partial charge in [0.15, 0.2) is 0 Å². The van der Waals surface area contributed by atoms with Crippen LogP contribution >= 0.6 is 11.3 Å². The third-order valence-electron chi connectivity index (χ3n) is 4.00. The number of benzene rings is 1. The van der Waals surface area contributed by atoms with Gasteiger partial charge in [-0.2, -0.15) is 5.10 Å². The Balaban J connectivity index is 1.68. The van der Waals surface area contributed by atoms with Crippen LogP contribution in [0.15, 0.2) is 47.5 Å². The molecule has 0 atom stereocenters. The minimum atomic E-state index is -0.264. The van der Waals surface area contributed by atoms with Gasteiger partial charge >= 0.3 is 0 Å². The van der Waals surface area contributed by atoms with E-state index in [1.54, 1.807) is 24.7 Å². The van der Waals surface area contributed by atoms with Crippen molar-refractivity contribution in [2.45, 2.75) is 13.8 Å². The molecule has 0 fully saturated rings. The van der Waals surface area contributed by atoms with E-state index in [0.717, 1.165) is 5.69 Å². The quantitative estimate of drug-likeness (QED) is 0.584. The number of hydrogen-bond acceptors (Lipinski definition) is 5. The second kappa shape index (κ2) is 6.23. The zero-order chi connectivity index (χ0) is 18.3. The third kappa shape index (κ3) is 2.80. The number of aromatic amines is 1. The minimum Gasteiger partial charge on any atom is -0.321 e. The van der Waals surface area contributed by atoms with Gasteiger partial charge < -0.3 is 10.3 Å². The average Bonchev–Trinajstić information content (AvgIpc) is 3.23. The molecule has 7 nitrogen and oxygen atoms in total. The number of fused-ring (bicyclic) bond motifs is 1. The molecular weight excluding hydrogens is 350 g/mol. The Bertz CT molecular complexity index is 1170. The molecule has 3 aromatic heterocycles. The Morgan fingerprint density at radius 2 is 2.12 bits per heavy atom. The molecule has 26 heavy (non-hydrogen) atoms. The number of aromatic nitrogens is 4. The Morgan fingerprint density at radius 3 is 2.88 bits per heavy atom. The lowest BCUT2D eigenvalue weighted by Gasteiger charge is -2.07. The van der Waals surface area contributed by atoms with Crippen LogP contribution in [-0.2, 0) is 0 Å². The number of anilines is 1. The van der Waals surface area contributed by atoms with Crippen molar-refractivity contribution in [2.24, 2.45) is 0 Å². The standard InChI is InChI=1S/C18H15N5O2S/c1-10-14-16(24)20-11(2)21-18(14)26-15(10)17(25)22-12-5-3-6-13(9-12)23-8-4-7-19-23/h3-9H,1-2H3,(H,22,25)(H,20,21,24). The fourth-order valence-electron chi connectivity index (χ4n) is 2.80. The van der Waals surface area contributed by atoms with Crippen molar-refractivity contribution in [3.63, 3.8) is 0 Å². The molecule has 0 saturated heterocycles. The summed E-state index contributed by atoms with van der Waals surface area (Å²) in [7, 11) is 0. The van der Waals surface area contributed by atoms with Crippen molar-refractivity contribution in [3.05, 3.63) is 69.3 Å². The summed E-state index contributed by atoms with van der Waals surface area (Å²) in [4.78, 5) is 32.9. The summed E-state index contributed by atoms with van der Waals surface area (Å²) in [6, 6.07) is 9.23. The topological polar surface area (TPSA) is 92.7 Å². The first-order valence-electron chi connectivity index (χ1n) is 7.94. The van der Waals surface area contributed by atoms with Crippen LogP contribution < -0.4 is 10.9 Å². The Hall–Kier alpha value is -3.26. The molecule has 0 bridgehead atoms. The average molecular weight is 365 g/mol. The lowest BCUT2D eigenvalue weighted by Crippen LogP contribution is -2.13. The number of nitrogens with one attached hydrogen (secondary N) is 2. The van der Waals surface area contributed by atoms with E-state index in [4.69, 9.17) is 0 Å². The maximum Gasteiger partial charge on any atom is 0.266 e. The molecule has 3 heterocycles. The number of amides is 1. The molecule has 0 unspecified atom stereocenters. The molecule has 0 aliphatic carbocycles. The van der Waals surface area contributed by atoms with E-state index in [1.807, 2.05) is 36.5 Å². The van der Waals surface area contributed by atoms with Crippen LogP contribution in [-0.4, -0.2) is 25.7 Å². The summed E-state index contributed by atoms with van der Waals surface area (Å²) in [5, 5.41) is 7.54. The van der Waals surface area contributed by atoms with E-state index in [2.05, 4.69) is 20.4 Å². The molecule has 4 rings (SSSR count). The van der Waals surface area contributed by atoms with Gasteiger partial charge in [0, 0.05) is 18.1 Å². The van der Waals surface area contributed by atoms with E-state index < -0.39 is 0 Å². The molecule has 0 spiro atoms. The molecule has 0 saturated carbocycles. The predicted molar refractivity (Wildman–Crippen MR) is 101 cm³/mol. The highest BCUT2D eigenvalue weighted by atomic mass is 32.1. The van der Waals surface area contributed by atoms with Gasteiger partial charge in [-0.1, -0.05) is 6.07 Å². The SMILES string of the molecule is Cc1nc2sc(C(=O)Nc3cccc(-n4cccn4)c3)c(C)c2c(=O)[nH]1. The monoisotopic (exact) mass is 365 g/mol. The molecule has 4 aromatic rings. The number of H-pyrrole nitrogens is 1. The largest absolute Gasteiger partial charge is 0.321 e. The lowest BCUT2D eigenvalue weighted by atomic mass is 10.2. The van der Waals surface area contributed by atoms with Crippen molar-refractivity contribution < 1.29 is 4.79 Å². The summed E-state index contributed by atoms with van der Waals surface area (Å²) in [6.07, 6.45) is 3.52. The van der Waals surface area contributed by atoms with Crippen molar-refractivity contribution in [2.75, 3.05) is 5.32 Å². The molecule has 8 heteroatoms. The zero-order valence-electron chi connectivity index (χ0n) is 14.1. The molecule has 130 valence electrons. The van der Waals surface area contributed by atoms with Crippen molar-refractivity contribution >= 4 is 33.1 Å². The van der Waals surface area contributed by atoms with Crippen LogP contribution in [0, 0.1) is 13.8 Å². The maximum atomic E-state index is 12.7. The van der Waals surface area contributed by atoms with Gasteiger partial charge in [0.05, 0.1) is 16.0 Å². The summed E-state index contributed by atoms with van der Waals surface area (Å²) in [5.41, 5.74) is 1.91. The van der Waals surface area contributed by atoms with Gasteiger partial charge in [0.1, 0.15) is 10.7 Å². The fraction of sp³-hybridized carbons (Fsp3) is 0.111. The summed E-state index contributed by atoms with van der Waals surface area (Å²) >= 11 is 1.22. The third-order valence-corrected chi connectivity index (χ3v) is 5.18. The van der Waals surface area contributed by atoms with E-state index in [0.29, 0.717) is 32.2 Å². The van der Waals surface area contributed by atoms with Crippen LogP contribution in [0.4, 0.5) is 5.69 Å². The molecule has 0 aliphatic heterocycles. The van der Waals surface area contributed by atoms with Gasteiger partial charge in [-0.25, -0.2) is 9.67 Å². The summed E-state index contributed by atoms with van der Waals surface area (Å²) in [5.74, 6) is 0.266. The first kappa shape index (κ1) is 16.2. The van der Waals surface area contributed by atoms with Gasteiger partial charge in [-0.05, 0) is 43.7 Å². The zero-order valence-corrected chi connectivity index (χ0v) is 14.9. The molecule has 1 aromatic carbocycles. The van der Waals surface area contributed by atoms with Gasteiger partial charge in [-0.15, -0.1) is 11.3 Å². The molecule has 0 aliphatic rings. The predicted octanol–water partition coefficient (Wildman–Crippen LogP) is 3.04. The highest BCUT2D eigenvalue weighted by Gasteiger charge is 2.19. The van der Waals surface area contributed by atoms with Gasteiger partial charge in [0.2, 0.25) is 0 Å². The molecule has 0 radical (unpaired) electrons. The number of carbonyl (C=O) groups is 1. The molecule has 1 amide bonds. The molecule has 2 N–H and O–H groups in total. The van der Waals surface area contributed by atoms with Gasteiger partial charge in [-0.3, -0.25) is 9.59 Å². The van der Waals surface area contributed by atoms with Crippen molar-refractivity contribution in [1.82, 2.24) is 19.7 Å². The van der Waals surface area contributed by atoms with Crippen LogP contribution in [0.25, 0.3) is 15.9 Å². The Labute approximate surface area is 152 Å². The number of hydrogen-bond donors (Lipinski definition) is 2. The normalized spacial score (nSPS) is 11.0. The second-order valence-corrected chi connectivity index (χ2v) is 6.84. The first-order chi connectivity index (χ1) is 12.5. The number of nitrogens with zero attached hydrogens (tertiary/aromatic N) is 3. The number of rotatable bonds is 3.